The first kappa shape index (κ1) is 15.2. The van der Waals surface area contributed by atoms with Gasteiger partial charge in [0.2, 0.25) is 0 Å². The summed E-state index contributed by atoms with van der Waals surface area (Å²) in [5.74, 6) is 1.35. The van der Waals surface area contributed by atoms with Gasteiger partial charge in [-0.3, -0.25) is 9.88 Å². The van der Waals surface area contributed by atoms with Crippen molar-refractivity contribution >= 4 is 10.9 Å². The first-order valence-corrected chi connectivity index (χ1v) is 8.60. The summed E-state index contributed by atoms with van der Waals surface area (Å²) in [7, 11) is 0. The number of nitrogens with zero attached hydrogens (tertiary/aromatic N) is 4. The Kier molecular flexibility index (Phi) is 3.98. The Morgan fingerprint density at radius 3 is 2.88 bits per heavy atom. The monoisotopic (exact) mass is 318 g/mol. The van der Waals surface area contributed by atoms with Crippen LogP contribution in [0.5, 0.6) is 0 Å². The fourth-order valence-corrected chi connectivity index (χ4v) is 3.26. The average Bonchev–Trinajstić information content (AvgIpc) is 2.61. The molecule has 0 N–H and O–H groups in total. The lowest BCUT2D eigenvalue weighted by Crippen LogP contribution is -2.31. The van der Waals surface area contributed by atoms with E-state index in [-0.39, 0.29) is 0 Å². The second-order valence-electron chi connectivity index (χ2n) is 6.85. The van der Waals surface area contributed by atoms with Crippen molar-refractivity contribution in [3.8, 4) is 0 Å². The summed E-state index contributed by atoms with van der Waals surface area (Å²) < 4.78 is 0. The Morgan fingerprint density at radius 1 is 1.12 bits per heavy atom. The number of rotatable bonds is 3. The van der Waals surface area contributed by atoms with Gasteiger partial charge in [0.05, 0.1) is 5.52 Å². The molecular weight excluding hydrogens is 296 g/mol. The van der Waals surface area contributed by atoms with E-state index in [0.717, 1.165) is 37.4 Å². The molecule has 2 aromatic heterocycles. The molecule has 1 aliphatic heterocycles. The Balaban J connectivity index is 1.51. The van der Waals surface area contributed by atoms with Crippen molar-refractivity contribution < 1.29 is 0 Å². The highest BCUT2D eigenvalue weighted by Gasteiger charge is 2.19. The topological polar surface area (TPSA) is 41.9 Å². The molecule has 0 saturated heterocycles. The van der Waals surface area contributed by atoms with E-state index in [1.54, 1.807) is 0 Å². The lowest BCUT2D eigenvalue weighted by atomic mass is 10.1. The van der Waals surface area contributed by atoms with E-state index in [2.05, 4.69) is 53.0 Å². The van der Waals surface area contributed by atoms with Crippen LogP contribution in [0.1, 0.15) is 42.4 Å². The summed E-state index contributed by atoms with van der Waals surface area (Å²) in [6, 6.07) is 10.5. The maximum atomic E-state index is 4.75. The molecule has 0 spiro atoms. The van der Waals surface area contributed by atoms with Crippen molar-refractivity contribution in [2.24, 2.45) is 0 Å². The summed E-state index contributed by atoms with van der Waals surface area (Å²) in [5.41, 5.74) is 4.80. The van der Waals surface area contributed by atoms with Crippen LogP contribution in [0.4, 0.5) is 0 Å². The van der Waals surface area contributed by atoms with Gasteiger partial charge in [0.1, 0.15) is 5.82 Å². The van der Waals surface area contributed by atoms with Gasteiger partial charge in [0, 0.05) is 61.0 Å². The second kappa shape index (κ2) is 6.29. The second-order valence-corrected chi connectivity index (χ2v) is 6.85. The normalized spacial score (nSPS) is 15.0. The molecule has 0 radical (unpaired) electrons. The highest BCUT2D eigenvalue weighted by molar-refractivity contribution is 5.78. The van der Waals surface area contributed by atoms with Crippen LogP contribution >= 0.6 is 0 Å². The smallest absolute Gasteiger partial charge is 0.131 e. The minimum Gasteiger partial charge on any atom is -0.294 e. The van der Waals surface area contributed by atoms with Gasteiger partial charge >= 0.3 is 0 Å². The van der Waals surface area contributed by atoms with Gasteiger partial charge < -0.3 is 0 Å². The van der Waals surface area contributed by atoms with E-state index >= 15 is 0 Å². The lowest BCUT2D eigenvalue weighted by Gasteiger charge is -2.28. The highest BCUT2D eigenvalue weighted by Crippen LogP contribution is 2.21. The number of para-hydroxylation sites is 1. The fraction of sp³-hybridized carbons (Fsp3) is 0.350. The first-order chi connectivity index (χ1) is 11.7. The SMILES string of the molecule is CC(C)c1ncc2c(n1)CCN(Cc1cnc3ccccc3c1)C2. The Morgan fingerprint density at radius 2 is 2.00 bits per heavy atom. The molecule has 0 amide bonds. The molecule has 4 rings (SSSR count). The van der Waals surface area contributed by atoms with Crippen molar-refractivity contribution in [2.75, 3.05) is 6.54 Å². The van der Waals surface area contributed by atoms with Gasteiger partial charge in [-0.1, -0.05) is 32.0 Å². The van der Waals surface area contributed by atoms with Gasteiger partial charge in [-0.15, -0.1) is 0 Å². The van der Waals surface area contributed by atoms with E-state index in [0.29, 0.717) is 5.92 Å². The van der Waals surface area contributed by atoms with Gasteiger partial charge in [-0.2, -0.15) is 0 Å². The molecular formula is C20H22N4. The van der Waals surface area contributed by atoms with Crippen LogP contribution in [0.15, 0.2) is 42.7 Å². The quantitative estimate of drug-likeness (QED) is 0.738. The Bertz CT molecular complexity index is 872. The molecule has 0 aliphatic carbocycles. The lowest BCUT2D eigenvalue weighted by molar-refractivity contribution is 0.242. The third kappa shape index (κ3) is 3.02. The maximum absolute atomic E-state index is 4.75. The van der Waals surface area contributed by atoms with E-state index in [4.69, 9.17) is 4.98 Å². The zero-order chi connectivity index (χ0) is 16.5. The maximum Gasteiger partial charge on any atom is 0.131 e. The first-order valence-electron chi connectivity index (χ1n) is 8.60. The number of aromatic nitrogens is 3. The van der Waals surface area contributed by atoms with Gasteiger partial charge in [0.25, 0.3) is 0 Å². The van der Waals surface area contributed by atoms with Crippen molar-refractivity contribution in [2.45, 2.75) is 39.3 Å². The molecule has 1 aliphatic rings. The predicted molar refractivity (Wildman–Crippen MR) is 95.7 cm³/mol. The molecule has 0 saturated carbocycles. The fourth-order valence-electron chi connectivity index (χ4n) is 3.26. The molecule has 3 heterocycles. The van der Waals surface area contributed by atoms with E-state index in [1.165, 1.54) is 22.2 Å². The molecule has 1 aromatic carbocycles. The van der Waals surface area contributed by atoms with Crippen molar-refractivity contribution in [3.63, 3.8) is 0 Å². The average molecular weight is 318 g/mol. The molecule has 122 valence electrons. The van der Waals surface area contributed by atoms with Crippen LogP contribution in [0.2, 0.25) is 0 Å². The largest absolute Gasteiger partial charge is 0.294 e. The third-order valence-corrected chi connectivity index (χ3v) is 4.60. The minimum atomic E-state index is 0.386. The molecule has 0 atom stereocenters. The Labute approximate surface area is 142 Å². The minimum absolute atomic E-state index is 0.386. The van der Waals surface area contributed by atoms with Crippen molar-refractivity contribution in [3.05, 3.63) is 65.4 Å². The predicted octanol–water partition coefficient (Wildman–Crippen LogP) is 3.71. The summed E-state index contributed by atoms with van der Waals surface area (Å²) in [6.45, 7) is 7.16. The summed E-state index contributed by atoms with van der Waals surface area (Å²) in [6.07, 6.45) is 5.01. The summed E-state index contributed by atoms with van der Waals surface area (Å²) in [5, 5.41) is 1.21. The third-order valence-electron chi connectivity index (χ3n) is 4.60. The Hall–Kier alpha value is -2.33. The molecule has 0 bridgehead atoms. The van der Waals surface area contributed by atoms with Gasteiger partial charge in [-0.05, 0) is 17.7 Å². The van der Waals surface area contributed by atoms with E-state index in [9.17, 15) is 0 Å². The van der Waals surface area contributed by atoms with Crippen LogP contribution in [0.25, 0.3) is 10.9 Å². The number of benzene rings is 1. The van der Waals surface area contributed by atoms with Crippen LogP contribution in [0.3, 0.4) is 0 Å². The zero-order valence-corrected chi connectivity index (χ0v) is 14.2. The van der Waals surface area contributed by atoms with Crippen molar-refractivity contribution in [1.29, 1.82) is 0 Å². The van der Waals surface area contributed by atoms with E-state index < -0.39 is 0 Å². The molecule has 4 nitrogen and oxygen atoms in total. The number of fused-ring (bicyclic) bond motifs is 2. The molecule has 24 heavy (non-hydrogen) atoms. The van der Waals surface area contributed by atoms with Gasteiger partial charge in [0.15, 0.2) is 0 Å². The molecule has 4 heteroatoms. The van der Waals surface area contributed by atoms with Gasteiger partial charge in [-0.25, -0.2) is 9.97 Å². The van der Waals surface area contributed by atoms with Crippen LogP contribution < -0.4 is 0 Å². The number of pyridine rings is 1. The van der Waals surface area contributed by atoms with E-state index in [1.807, 2.05) is 18.5 Å². The highest BCUT2D eigenvalue weighted by atomic mass is 15.1. The molecule has 0 unspecified atom stereocenters. The summed E-state index contributed by atoms with van der Waals surface area (Å²) in [4.78, 5) is 16.3. The standard InChI is InChI=1S/C20H22N4/c1-14(2)20-22-11-17-13-24(8-7-19(17)23-20)12-15-9-16-5-3-4-6-18(16)21-10-15/h3-6,9-11,14H,7-8,12-13H2,1-2H3. The zero-order valence-electron chi connectivity index (χ0n) is 14.2. The molecule has 0 fully saturated rings. The van der Waals surface area contributed by atoms with Crippen LogP contribution in [-0.4, -0.2) is 26.4 Å². The van der Waals surface area contributed by atoms with Crippen LogP contribution in [-0.2, 0) is 19.5 Å². The van der Waals surface area contributed by atoms with Crippen molar-refractivity contribution in [1.82, 2.24) is 19.9 Å². The number of hydrogen-bond acceptors (Lipinski definition) is 4. The summed E-state index contributed by atoms with van der Waals surface area (Å²) >= 11 is 0. The molecule has 3 aromatic rings. The number of hydrogen-bond donors (Lipinski definition) is 0. The van der Waals surface area contributed by atoms with Crippen LogP contribution in [0, 0.1) is 0 Å².